The van der Waals surface area contributed by atoms with E-state index in [4.69, 9.17) is 10.5 Å². The maximum Gasteiger partial charge on any atom is 0.139 e. The van der Waals surface area contributed by atoms with E-state index in [2.05, 4.69) is 41.3 Å². The third kappa shape index (κ3) is 4.10. The molecule has 0 spiro atoms. The minimum absolute atomic E-state index is 0.147. The third-order valence-electron chi connectivity index (χ3n) is 2.79. The second-order valence-corrected chi connectivity index (χ2v) is 4.37. The molecule has 6 heteroatoms. The van der Waals surface area contributed by atoms with Crippen molar-refractivity contribution in [3.8, 4) is 12.1 Å². The van der Waals surface area contributed by atoms with Crippen LogP contribution in [0.1, 0.15) is 32.3 Å². The summed E-state index contributed by atoms with van der Waals surface area (Å²) in [4.78, 5) is 10.2. The van der Waals surface area contributed by atoms with E-state index >= 15 is 0 Å². The van der Waals surface area contributed by atoms with E-state index in [9.17, 15) is 0 Å². The molecule has 0 saturated carbocycles. The highest BCUT2D eigenvalue weighted by atomic mass is 15.2. The van der Waals surface area contributed by atoms with E-state index in [-0.39, 0.29) is 13.1 Å². The van der Waals surface area contributed by atoms with Crippen molar-refractivity contribution >= 4 is 11.6 Å². The first-order chi connectivity index (χ1) is 9.78. The molecule has 0 aliphatic rings. The van der Waals surface area contributed by atoms with Crippen molar-refractivity contribution < 1.29 is 0 Å². The summed E-state index contributed by atoms with van der Waals surface area (Å²) in [5.74, 6) is 1.49. The zero-order chi connectivity index (χ0) is 14.8. The molecule has 0 aliphatic carbocycles. The number of nitrogens with one attached hydrogen (secondary N) is 1. The van der Waals surface area contributed by atoms with Gasteiger partial charge >= 0.3 is 0 Å². The van der Waals surface area contributed by atoms with E-state index in [0.29, 0.717) is 5.82 Å². The molecule has 0 amide bonds. The zero-order valence-electron chi connectivity index (χ0n) is 12.1. The average Bonchev–Trinajstić information content (AvgIpc) is 2.46. The topological polar surface area (TPSA) is 88.6 Å². The minimum atomic E-state index is 0.147. The van der Waals surface area contributed by atoms with Gasteiger partial charge in [0.25, 0.3) is 0 Å². The molecule has 0 aromatic carbocycles. The maximum absolute atomic E-state index is 8.90. The van der Waals surface area contributed by atoms with Gasteiger partial charge in [-0.1, -0.05) is 20.3 Å². The molecule has 0 radical (unpaired) electrons. The Kier molecular flexibility index (Phi) is 6.84. The van der Waals surface area contributed by atoms with Crippen LogP contribution in [0.4, 0.5) is 11.6 Å². The molecule has 0 fully saturated rings. The quantitative estimate of drug-likeness (QED) is 0.729. The van der Waals surface area contributed by atoms with E-state index < -0.39 is 0 Å². The lowest BCUT2D eigenvalue weighted by Gasteiger charge is -2.21. The lowest BCUT2D eigenvalue weighted by Crippen LogP contribution is -2.27. The van der Waals surface area contributed by atoms with Crippen LogP contribution < -0.4 is 10.2 Å². The Hall–Kier alpha value is -2.34. The summed E-state index contributed by atoms with van der Waals surface area (Å²) in [7, 11) is 0. The van der Waals surface area contributed by atoms with Crippen LogP contribution >= 0.6 is 0 Å². The summed E-state index contributed by atoms with van der Waals surface area (Å²) >= 11 is 0. The van der Waals surface area contributed by atoms with Crippen molar-refractivity contribution in [2.45, 2.75) is 33.1 Å². The standard InChI is InChI=1S/C14H20N6/c1-3-5-12-13(17-8-4-2)18-11-19-14(12)20(9-6-15)10-7-16/h11H,3-5,8-10H2,1-2H3,(H,17,18,19). The summed E-state index contributed by atoms with van der Waals surface area (Å²) in [6.07, 6.45) is 4.25. The maximum atomic E-state index is 8.90. The minimum Gasteiger partial charge on any atom is -0.370 e. The number of anilines is 2. The molecule has 0 saturated heterocycles. The normalized spacial score (nSPS) is 9.60. The molecule has 6 nitrogen and oxygen atoms in total. The highest BCUT2D eigenvalue weighted by Crippen LogP contribution is 2.24. The van der Waals surface area contributed by atoms with E-state index in [1.807, 2.05) is 0 Å². The Labute approximate surface area is 120 Å². The Balaban J connectivity index is 3.15. The first-order valence-electron chi connectivity index (χ1n) is 6.85. The number of hydrogen-bond donors (Lipinski definition) is 1. The van der Waals surface area contributed by atoms with Gasteiger partial charge in [-0.15, -0.1) is 0 Å². The lowest BCUT2D eigenvalue weighted by atomic mass is 10.1. The Bertz CT molecular complexity index is 483. The Morgan fingerprint density at radius 3 is 2.40 bits per heavy atom. The smallest absolute Gasteiger partial charge is 0.139 e. The summed E-state index contributed by atoms with van der Waals surface area (Å²) in [6.45, 7) is 5.30. The van der Waals surface area contributed by atoms with Crippen molar-refractivity contribution in [2.75, 3.05) is 29.9 Å². The number of nitrogens with zero attached hydrogens (tertiary/aromatic N) is 5. The molecule has 20 heavy (non-hydrogen) atoms. The van der Waals surface area contributed by atoms with E-state index in [0.717, 1.165) is 37.2 Å². The van der Waals surface area contributed by atoms with Gasteiger partial charge in [0.15, 0.2) is 0 Å². The second kappa shape index (κ2) is 8.71. The highest BCUT2D eigenvalue weighted by molar-refractivity contribution is 5.59. The van der Waals surface area contributed by atoms with Gasteiger partial charge in [-0.25, -0.2) is 9.97 Å². The van der Waals surface area contributed by atoms with Gasteiger partial charge in [0.2, 0.25) is 0 Å². The molecule has 1 aromatic heterocycles. The molecule has 1 aromatic rings. The van der Waals surface area contributed by atoms with Gasteiger partial charge < -0.3 is 10.2 Å². The first kappa shape index (κ1) is 15.7. The molecule has 0 atom stereocenters. The van der Waals surface area contributed by atoms with Gasteiger partial charge in [0, 0.05) is 12.1 Å². The molecule has 1 rings (SSSR count). The predicted molar refractivity (Wildman–Crippen MR) is 78.2 cm³/mol. The summed E-state index contributed by atoms with van der Waals surface area (Å²) in [6, 6.07) is 4.15. The second-order valence-electron chi connectivity index (χ2n) is 4.37. The van der Waals surface area contributed by atoms with E-state index in [1.165, 1.54) is 6.33 Å². The van der Waals surface area contributed by atoms with Crippen molar-refractivity contribution in [3.05, 3.63) is 11.9 Å². The van der Waals surface area contributed by atoms with Crippen molar-refractivity contribution in [3.63, 3.8) is 0 Å². The van der Waals surface area contributed by atoms with Crippen LogP contribution in [0, 0.1) is 22.7 Å². The van der Waals surface area contributed by atoms with Crippen LogP contribution in [-0.4, -0.2) is 29.6 Å². The summed E-state index contributed by atoms with van der Waals surface area (Å²) in [5, 5.41) is 21.1. The molecule has 106 valence electrons. The van der Waals surface area contributed by atoms with Crippen molar-refractivity contribution in [2.24, 2.45) is 0 Å². The SMILES string of the molecule is CCCNc1ncnc(N(CC#N)CC#N)c1CCC. The average molecular weight is 272 g/mol. The summed E-state index contributed by atoms with van der Waals surface area (Å²) in [5.41, 5.74) is 0.981. The Morgan fingerprint density at radius 1 is 1.15 bits per heavy atom. The monoisotopic (exact) mass is 272 g/mol. The lowest BCUT2D eigenvalue weighted by molar-refractivity contribution is 0.852. The predicted octanol–water partition coefficient (Wildman–Crippen LogP) is 2.10. The van der Waals surface area contributed by atoms with Crippen LogP contribution in [0.15, 0.2) is 6.33 Å². The third-order valence-corrected chi connectivity index (χ3v) is 2.79. The van der Waals surface area contributed by atoms with Crippen LogP contribution in [0.2, 0.25) is 0 Å². The number of nitriles is 2. The van der Waals surface area contributed by atoms with Crippen molar-refractivity contribution in [1.82, 2.24) is 9.97 Å². The van der Waals surface area contributed by atoms with Crippen LogP contribution in [0.25, 0.3) is 0 Å². The summed E-state index contributed by atoms with van der Waals surface area (Å²) < 4.78 is 0. The van der Waals surface area contributed by atoms with Gasteiger partial charge in [0.1, 0.15) is 31.1 Å². The number of aromatic nitrogens is 2. The fraction of sp³-hybridized carbons (Fsp3) is 0.571. The number of hydrogen-bond acceptors (Lipinski definition) is 6. The largest absolute Gasteiger partial charge is 0.370 e. The molecular formula is C14H20N6. The molecule has 1 N–H and O–H groups in total. The van der Waals surface area contributed by atoms with Gasteiger partial charge in [-0.3, -0.25) is 0 Å². The molecule has 0 bridgehead atoms. The first-order valence-corrected chi connectivity index (χ1v) is 6.85. The number of rotatable bonds is 8. The van der Waals surface area contributed by atoms with Crippen LogP contribution in [0.3, 0.4) is 0 Å². The van der Waals surface area contributed by atoms with Crippen molar-refractivity contribution in [1.29, 1.82) is 10.5 Å². The molecular weight excluding hydrogens is 252 g/mol. The molecule has 0 aliphatic heterocycles. The van der Waals surface area contributed by atoms with Crippen LogP contribution in [-0.2, 0) is 6.42 Å². The fourth-order valence-electron chi connectivity index (χ4n) is 1.93. The van der Waals surface area contributed by atoms with Gasteiger partial charge in [-0.05, 0) is 12.8 Å². The van der Waals surface area contributed by atoms with Gasteiger partial charge in [0.05, 0.1) is 12.1 Å². The Morgan fingerprint density at radius 2 is 1.85 bits per heavy atom. The van der Waals surface area contributed by atoms with E-state index in [1.54, 1.807) is 4.90 Å². The zero-order valence-corrected chi connectivity index (χ0v) is 12.1. The van der Waals surface area contributed by atoms with Crippen LogP contribution in [0.5, 0.6) is 0 Å². The molecule has 0 unspecified atom stereocenters. The highest BCUT2D eigenvalue weighted by Gasteiger charge is 2.16. The fourth-order valence-corrected chi connectivity index (χ4v) is 1.93. The van der Waals surface area contributed by atoms with Gasteiger partial charge in [-0.2, -0.15) is 10.5 Å². The molecule has 1 heterocycles.